The lowest BCUT2D eigenvalue weighted by Crippen LogP contribution is -2.16. The predicted molar refractivity (Wildman–Crippen MR) is 148 cm³/mol. The van der Waals surface area contributed by atoms with Crippen molar-refractivity contribution in [3.8, 4) is 11.1 Å². The number of unbranched alkanes of at least 4 members (excludes halogenated alkanes) is 2. The van der Waals surface area contributed by atoms with Crippen LogP contribution in [0.25, 0.3) is 11.1 Å². The number of hydrogen-bond acceptors (Lipinski definition) is 0. The Bertz CT molecular complexity index is 1140. The molecular weight excluding hydrogens is 465 g/mol. The molecule has 0 spiro atoms. The Morgan fingerprint density at radius 2 is 1.41 bits per heavy atom. The van der Waals surface area contributed by atoms with Crippen LogP contribution in [0.4, 0.5) is 13.2 Å². The van der Waals surface area contributed by atoms with Gasteiger partial charge in [0.25, 0.3) is 0 Å². The number of aryl methyl sites for hydroxylation is 3. The lowest BCUT2D eigenvalue weighted by molar-refractivity contribution is 0.304. The van der Waals surface area contributed by atoms with Crippen LogP contribution in [0, 0.1) is 23.4 Å². The fourth-order valence-corrected chi connectivity index (χ4v) is 5.89. The molecule has 3 aromatic carbocycles. The standard InChI is InChI=1S/C34H41F3/c1-3-5-6-8-26-14-20-29(32(35)23-26)19-13-25-11-17-28(18-12-25)31-22-21-30(33(36)34(31)37)27-15-9-24(7-4-2)10-16-27/h9-10,14-16,20-23,25,28H,3-8,11-13,17-19H2,1-2H3. The van der Waals surface area contributed by atoms with E-state index in [0.29, 0.717) is 22.6 Å². The maximum absolute atomic E-state index is 15.2. The Balaban J connectivity index is 1.32. The molecule has 0 atom stereocenters. The van der Waals surface area contributed by atoms with Gasteiger partial charge >= 0.3 is 0 Å². The largest absolute Gasteiger partial charge is 0.207 e. The summed E-state index contributed by atoms with van der Waals surface area (Å²) in [7, 11) is 0. The fourth-order valence-electron chi connectivity index (χ4n) is 5.89. The zero-order valence-electron chi connectivity index (χ0n) is 22.5. The molecule has 1 aliphatic carbocycles. The first-order valence-corrected chi connectivity index (χ1v) is 14.3. The van der Waals surface area contributed by atoms with Gasteiger partial charge in [0, 0.05) is 5.56 Å². The second-order valence-corrected chi connectivity index (χ2v) is 10.9. The molecule has 1 fully saturated rings. The average molecular weight is 507 g/mol. The Labute approximate surface area is 221 Å². The van der Waals surface area contributed by atoms with Crippen LogP contribution in [0.15, 0.2) is 54.6 Å². The van der Waals surface area contributed by atoms with Crippen molar-refractivity contribution in [1.82, 2.24) is 0 Å². The van der Waals surface area contributed by atoms with Gasteiger partial charge < -0.3 is 0 Å². The number of hydrogen-bond donors (Lipinski definition) is 0. The smallest absolute Gasteiger partial charge is 0.166 e. The highest BCUT2D eigenvalue weighted by atomic mass is 19.2. The van der Waals surface area contributed by atoms with Crippen LogP contribution < -0.4 is 0 Å². The van der Waals surface area contributed by atoms with E-state index in [0.717, 1.165) is 75.3 Å². The van der Waals surface area contributed by atoms with Crippen molar-refractivity contribution in [2.75, 3.05) is 0 Å². The van der Waals surface area contributed by atoms with Gasteiger partial charge in [-0.05, 0) is 104 Å². The van der Waals surface area contributed by atoms with Gasteiger partial charge in [0.05, 0.1) is 0 Å². The number of rotatable bonds is 11. The van der Waals surface area contributed by atoms with E-state index >= 15 is 8.78 Å². The first-order valence-electron chi connectivity index (χ1n) is 14.3. The van der Waals surface area contributed by atoms with Gasteiger partial charge in [-0.15, -0.1) is 0 Å². The van der Waals surface area contributed by atoms with Crippen molar-refractivity contribution in [3.05, 3.63) is 94.3 Å². The third-order valence-corrected chi connectivity index (χ3v) is 8.21. The molecule has 3 heteroatoms. The predicted octanol–water partition coefficient (Wildman–Crippen LogP) is 10.4. The van der Waals surface area contributed by atoms with Crippen LogP contribution in [0.3, 0.4) is 0 Å². The van der Waals surface area contributed by atoms with Crippen molar-refractivity contribution in [2.45, 2.75) is 96.8 Å². The van der Waals surface area contributed by atoms with E-state index in [4.69, 9.17) is 0 Å². The summed E-state index contributed by atoms with van der Waals surface area (Å²) in [5.74, 6) is -0.962. The summed E-state index contributed by atoms with van der Waals surface area (Å²) in [5.41, 5.74) is 4.65. The first-order chi connectivity index (χ1) is 18.0. The van der Waals surface area contributed by atoms with Crippen LogP contribution >= 0.6 is 0 Å². The molecule has 0 nitrogen and oxygen atoms in total. The molecule has 37 heavy (non-hydrogen) atoms. The average Bonchev–Trinajstić information content (AvgIpc) is 2.91. The van der Waals surface area contributed by atoms with E-state index in [1.807, 2.05) is 30.3 Å². The minimum absolute atomic E-state index is 0.0471. The van der Waals surface area contributed by atoms with Gasteiger partial charge in [-0.1, -0.05) is 81.6 Å². The molecule has 4 rings (SSSR count). The van der Waals surface area contributed by atoms with Crippen molar-refractivity contribution >= 4 is 0 Å². The number of benzene rings is 3. The highest BCUT2D eigenvalue weighted by molar-refractivity contribution is 5.65. The molecule has 0 unspecified atom stereocenters. The van der Waals surface area contributed by atoms with Gasteiger partial charge in [-0.25, -0.2) is 13.2 Å². The second kappa shape index (κ2) is 13.3. The van der Waals surface area contributed by atoms with E-state index in [1.165, 1.54) is 18.4 Å². The monoisotopic (exact) mass is 506 g/mol. The van der Waals surface area contributed by atoms with Crippen molar-refractivity contribution < 1.29 is 13.2 Å². The zero-order chi connectivity index (χ0) is 26.2. The fraction of sp³-hybridized carbons (Fsp3) is 0.471. The summed E-state index contributed by atoms with van der Waals surface area (Å²) in [5, 5.41) is 0. The molecule has 0 aromatic heterocycles. The molecule has 198 valence electrons. The van der Waals surface area contributed by atoms with E-state index in [1.54, 1.807) is 18.2 Å². The third kappa shape index (κ3) is 7.06. The van der Waals surface area contributed by atoms with Gasteiger partial charge in [0.15, 0.2) is 11.6 Å². The number of halogens is 3. The minimum Gasteiger partial charge on any atom is -0.207 e. The topological polar surface area (TPSA) is 0 Å². The molecule has 1 saturated carbocycles. The molecule has 1 aliphatic rings. The van der Waals surface area contributed by atoms with Crippen LogP contribution in [0.2, 0.25) is 0 Å². The summed E-state index contributed by atoms with van der Waals surface area (Å²) < 4.78 is 44.8. The summed E-state index contributed by atoms with van der Waals surface area (Å²) in [6, 6.07) is 17.0. The quantitative estimate of drug-likeness (QED) is 0.227. The van der Waals surface area contributed by atoms with Crippen molar-refractivity contribution in [2.24, 2.45) is 5.92 Å². The molecular formula is C34H41F3. The lowest BCUT2D eigenvalue weighted by atomic mass is 9.76. The maximum Gasteiger partial charge on any atom is 0.166 e. The summed E-state index contributed by atoms with van der Waals surface area (Å²) >= 11 is 0. The van der Waals surface area contributed by atoms with Crippen LogP contribution in [-0.4, -0.2) is 0 Å². The maximum atomic E-state index is 15.2. The molecule has 0 aliphatic heterocycles. The first kappa shape index (κ1) is 27.5. The SMILES string of the molecule is CCCCCc1ccc(CCC2CCC(c3ccc(-c4ccc(CCC)cc4)c(F)c3F)CC2)c(F)c1. The Morgan fingerprint density at radius 1 is 0.676 bits per heavy atom. The highest BCUT2D eigenvalue weighted by Gasteiger charge is 2.26. The second-order valence-electron chi connectivity index (χ2n) is 10.9. The van der Waals surface area contributed by atoms with E-state index in [-0.39, 0.29) is 11.7 Å². The molecule has 0 bridgehead atoms. The van der Waals surface area contributed by atoms with Gasteiger partial charge in [0.2, 0.25) is 0 Å². The van der Waals surface area contributed by atoms with E-state index in [2.05, 4.69) is 19.9 Å². The van der Waals surface area contributed by atoms with Crippen molar-refractivity contribution in [3.63, 3.8) is 0 Å². The summed E-state index contributed by atoms with van der Waals surface area (Å²) in [6.45, 7) is 4.30. The van der Waals surface area contributed by atoms with E-state index < -0.39 is 11.6 Å². The molecule has 0 amide bonds. The van der Waals surface area contributed by atoms with E-state index in [9.17, 15) is 4.39 Å². The molecule has 3 aromatic rings. The highest BCUT2D eigenvalue weighted by Crippen LogP contribution is 2.40. The minimum atomic E-state index is -0.739. The summed E-state index contributed by atoms with van der Waals surface area (Å²) in [4.78, 5) is 0. The van der Waals surface area contributed by atoms with Crippen LogP contribution in [0.1, 0.15) is 99.8 Å². The van der Waals surface area contributed by atoms with Gasteiger partial charge in [-0.3, -0.25) is 0 Å². The Hall–Kier alpha value is -2.55. The normalized spacial score (nSPS) is 17.8. The Morgan fingerprint density at radius 3 is 2.08 bits per heavy atom. The van der Waals surface area contributed by atoms with Crippen molar-refractivity contribution in [1.29, 1.82) is 0 Å². The third-order valence-electron chi connectivity index (χ3n) is 8.21. The lowest BCUT2D eigenvalue weighted by Gasteiger charge is -2.29. The Kier molecular flexibility index (Phi) is 9.88. The molecule has 0 radical (unpaired) electrons. The van der Waals surface area contributed by atoms with Crippen LogP contribution in [0.5, 0.6) is 0 Å². The zero-order valence-corrected chi connectivity index (χ0v) is 22.5. The molecule has 0 heterocycles. The molecule has 0 saturated heterocycles. The van der Waals surface area contributed by atoms with Crippen LogP contribution in [-0.2, 0) is 19.3 Å². The van der Waals surface area contributed by atoms with Gasteiger partial charge in [-0.2, -0.15) is 0 Å². The molecule has 0 N–H and O–H groups in total. The van der Waals surface area contributed by atoms with Gasteiger partial charge in [0.1, 0.15) is 5.82 Å². The summed E-state index contributed by atoms with van der Waals surface area (Å²) in [6.07, 6.45) is 11.8.